The number of rotatable bonds is 3. The van der Waals surface area contributed by atoms with Gasteiger partial charge in [0.2, 0.25) is 9.84 Å². The van der Waals surface area contributed by atoms with Crippen LogP contribution < -0.4 is 15.2 Å². The van der Waals surface area contributed by atoms with Crippen LogP contribution in [0.3, 0.4) is 0 Å². The van der Waals surface area contributed by atoms with Crippen molar-refractivity contribution in [2.24, 2.45) is 0 Å². The Morgan fingerprint density at radius 1 is 1.07 bits per heavy atom. The second-order valence-electron chi connectivity index (χ2n) is 5.80. The SMILES string of the molecule is Nc1nc(C2COc3ccccc3O2)ncc1S(=O)(=O)c1ccc(Cl)cc1. The smallest absolute Gasteiger partial charge is 0.211 e. The van der Waals surface area contributed by atoms with E-state index in [0.717, 1.165) is 0 Å². The molecule has 0 saturated carbocycles. The summed E-state index contributed by atoms with van der Waals surface area (Å²) in [4.78, 5) is 8.16. The van der Waals surface area contributed by atoms with Gasteiger partial charge in [-0.2, -0.15) is 0 Å². The van der Waals surface area contributed by atoms with Crippen LogP contribution >= 0.6 is 11.6 Å². The van der Waals surface area contributed by atoms with E-state index in [2.05, 4.69) is 9.97 Å². The molecule has 2 heterocycles. The Labute approximate surface area is 160 Å². The molecule has 1 aliphatic heterocycles. The first-order valence-corrected chi connectivity index (χ1v) is 9.83. The van der Waals surface area contributed by atoms with Gasteiger partial charge < -0.3 is 15.2 Å². The molecule has 0 fully saturated rings. The number of aromatic nitrogens is 2. The van der Waals surface area contributed by atoms with Crippen molar-refractivity contribution in [3.05, 3.63) is 65.6 Å². The molecule has 1 aliphatic rings. The number of nitrogens with two attached hydrogens (primary N) is 1. The van der Waals surface area contributed by atoms with Gasteiger partial charge in [0.25, 0.3) is 0 Å². The highest BCUT2D eigenvalue weighted by molar-refractivity contribution is 7.91. The zero-order valence-corrected chi connectivity index (χ0v) is 15.4. The summed E-state index contributed by atoms with van der Waals surface area (Å²) >= 11 is 5.81. The summed E-state index contributed by atoms with van der Waals surface area (Å²) in [5, 5.41) is 0.434. The van der Waals surface area contributed by atoms with Crippen LogP contribution in [0.5, 0.6) is 11.5 Å². The molecule has 0 spiro atoms. The highest BCUT2D eigenvalue weighted by Gasteiger charge is 2.28. The van der Waals surface area contributed by atoms with E-state index in [1.807, 2.05) is 12.1 Å². The zero-order chi connectivity index (χ0) is 19.0. The third-order valence-electron chi connectivity index (χ3n) is 4.01. The minimum Gasteiger partial charge on any atom is -0.485 e. The van der Waals surface area contributed by atoms with Gasteiger partial charge in [-0.3, -0.25) is 0 Å². The van der Waals surface area contributed by atoms with E-state index in [4.69, 9.17) is 26.8 Å². The summed E-state index contributed by atoms with van der Waals surface area (Å²) in [7, 11) is -3.86. The van der Waals surface area contributed by atoms with Gasteiger partial charge in [0, 0.05) is 5.02 Å². The number of ether oxygens (including phenoxy) is 2. The van der Waals surface area contributed by atoms with Crippen LogP contribution in [0.15, 0.2) is 64.5 Å². The summed E-state index contributed by atoms with van der Waals surface area (Å²) < 4.78 is 37.0. The van der Waals surface area contributed by atoms with E-state index in [0.29, 0.717) is 16.5 Å². The lowest BCUT2D eigenvalue weighted by atomic mass is 10.2. The molecule has 2 aromatic carbocycles. The predicted octanol–water partition coefficient (Wildman–Crippen LogP) is 3.06. The van der Waals surface area contributed by atoms with Crippen LogP contribution in [0, 0.1) is 0 Å². The molecule has 1 atom stereocenters. The van der Waals surface area contributed by atoms with E-state index in [1.165, 1.54) is 30.5 Å². The predicted molar refractivity (Wildman–Crippen MR) is 98.7 cm³/mol. The van der Waals surface area contributed by atoms with Crippen LogP contribution in [-0.2, 0) is 9.84 Å². The fourth-order valence-corrected chi connectivity index (χ4v) is 4.03. The molecule has 0 aliphatic carbocycles. The number of sulfone groups is 1. The number of para-hydroxylation sites is 2. The average Bonchev–Trinajstić information content (AvgIpc) is 2.67. The summed E-state index contributed by atoms with van der Waals surface area (Å²) in [6, 6.07) is 13.0. The van der Waals surface area contributed by atoms with Crippen molar-refractivity contribution >= 4 is 27.3 Å². The summed E-state index contributed by atoms with van der Waals surface area (Å²) in [5.74, 6) is 1.28. The van der Waals surface area contributed by atoms with Crippen molar-refractivity contribution in [2.75, 3.05) is 12.3 Å². The number of fused-ring (bicyclic) bond motifs is 1. The van der Waals surface area contributed by atoms with Crippen molar-refractivity contribution in [1.82, 2.24) is 9.97 Å². The van der Waals surface area contributed by atoms with Gasteiger partial charge in [-0.15, -0.1) is 0 Å². The largest absolute Gasteiger partial charge is 0.485 e. The number of halogens is 1. The van der Waals surface area contributed by atoms with Gasteiger partial charge in [-0.25, -0.2) is 18.4 Å². The Hall–Kier alpha value is -2.84. The minimum atomic E-state index is -3.86. The molecular weight excluding hydrogens is 390 g/mol. The molecule has 3 aromatic rings. The summed E-state index contributed by atoms with van der Waals surface area (Å²) in [6.07, 6.45) is 0.598. The van der Waals surface area contributed by atoms with Crippen LogP contribution in [0.1, 0.15) is 11.9 Å². The lowest BCUT2D eigenvalue weighted by Crippen LogP contribution is -2.24. The molecule has 0 amide bonds. The van der Waals surface area contributed by atoms with Crippen molar-refractivity contribution in [2.45, 2.75) is 15.9 Å². The average molecular weight is 404 g/mol. The molecule has 9 heteroatoms. The molecule has 2 N–H and O–H groups in total. The number of hydrogen-bond donors (Lipinski definition) is 1. The van der Waals surface area contributed by atoms with E-state index in [9.17, 15) is 8.42 Å². The third-order valence-corrected chi connectivity index (χ3v) is 6.05. The lowest BCUT2D eigenvalue weighted by molar-refractivity contribution is 0.0850. The Morgan fingerprint density at radius 2 is 1.78 bits per heavy atom. The monoisotopic (exact) mass is 403 g/mol. The van der Waals surface area contributed by atoms with Gasteiger partial charge in [0.1, 0.15) is 17.3 Å². The normalized spacial score (nSPS) is 16.1. The van der Waals surface area contributed by atoms with Crippen LogP contribution in [0.4, 0.5) is 5.82 Å². The van der Waals surface area contributed by atoms with E-state index >= 15 is 0 Å². The van der Waals surface area contributed by atoms with Crippen LogP contribution in [0.25, 0.3) is 0 Å². The Kier molecular flexibility index (Phi) is 4.37. The maximum Gasteiger partial charge on any atom is 0.211 e. The Bertz CT molecular complexity index is 1100. The third kappa shape index (κ3) is 3.29. The first-order valence-electron chi connectivity index (χ1n) is 7.97. The molecule has 1 aromatic heterocycles. The summed E-state index contributed by atoms with van der Waals surface area (Å²) in [6.45, 7) is 0.194. The maximum atomic E-state index is 12.8. The second-order valence-corrected chi connectivity index (χ2v) is 8.15. The topological polar surface area (TPSA) is 104 Å². The Morgan fingerprint density at radius 3 is 2.48 bits per heavy atom. The van der Waals surface area contributed by atoms with Gasteiger partial charge in [-0.05, 0) is 36.4 Å². The van der Waals surface area contributed by atoms with Crippen molar-refractivity contribution < 1.29 is 17.9 Å². The Balaban J connectivity index is 1.65. The van der Waals surface area contributed by atoms with Crippen molar-refractivity contribution in [3.63, 3.8) is 0 Å². The fourth-order valence-electron chi connectivity index (χ4n) is 2.65. The minimum absolute atomic E-state index is 0.0566. The zero-order valence-electron chi connectivity index (χ0n) is 13.9. The maximum absolute atomic E-state index is 12.8. The van der Waals surface area contributed by atoms with Crippen molar-refractivity contribution in [1.29, 1.82) is 0 Å². The van der Waals surface area contributed by atoms with Gasteiger partial charge in [-0.1, -0.05) is 23.7 Å². The van der Waals surface area contributed by atoms with Crippen LogP contribution in [-0.4, -0.2) is 25.0 Å². The highest BCUT2D eigenvalue weighted by Crippen LogP contribution is 2.35. The number of nitrogens with zero attached hydrogens (tertiary/aromatic N) is 2. The molecular formula is C18H14ClN3O4S. The van der Waals surface area contributed by atoms with Gasteiger partial charge >= 0.3 is 0 Å². The second kappa shape index (κ2) is 6.71. The number of benzene rings is 2. The summed E-state index contributed by atoms with van der Waals surface area (Å²) in [5.41, 5.74) is 5.92. The number of anilines is 1. The lowest BCUT2D eigenvalue weighted by Gasteiger charge is -2.25. The first kappa shape index (κ1) is 17.6. The number of hydrogen-bond acceptors (Lipinski definition) is 7. The van der Waals surface area contributed by atoms with E-state index in [-0.39, 0.29) is 28.0 Å². The van der Waals surface area contributed by atoms with E-state index < -0.39 is 15.9 Å². The van der Waals surface area contributed by atoms with E-state index in [1.54, 1.807) is 12.1 Å². The number of nitrogen functional groups attached to an aromatic ring is 1. The highest BCUT2D eigenvalue weighted by atomic mass is 35.5. The molecule has 0 saturated heterocycles. The molecule has 27 heavy (non-hydrogen) atoms. The quantitative estimate of drug-likeness (QED) is 0.716. The van der Waals surface area contributed by atoms with Crippen molar-refractivity contribution in [3.8, 4) is 11.5 Å². The first-order chi connectivity index (χ1) is 12.9. The standard InChI is InChI=1S/C18H14ClN3O4S/c19-11-5-7-12(8-6-11)27(23,24)16-9-21-18(22-17(16)20)15-10-25-13-3-1-2-4-14(13)26-15/h1-9,15H,10H2,(H2,20,21,22). The van der Waals surface area contributed by atoms with Crippen LogP contribution in [0.2, 0.25) is 5.02 Å². The molecule has 1 unspecified atom stereocenters. The van der Waals surface area contributed by atoms with Gasteiger partial charge in [0.05, 0.1) is 11.1 Å². The molecule has 7 nitrogen and oxygen atoms in total. The van der Waals surface area contributed by atoms with Gasteiger partial charge in [0.15, 0.2) is 23.4 Å². The molecule has 138 valence electrons. The molecule has 0 bridgehead atoms. The fraction of sp³-hybridized carbons (Fsp3) is 0.111. The molecule has 4 rings (SSSR count). The molecule has 0 radical (unpaired) electrons.